The zero-order chi connectivity index (χ0) is 14.3. The largest absolute Gasteiger partial charge is 0.494 e. The van der Waals surface area contributed by atoms with Crippen LogP contribution in [0.5, 0.6) is 5.88 Å². The molecule has 1 aliphatic rings. The summed E-state index contributed by atoms with van der Waals surface area (Å²) in [6.07, 6.45) is 1.68. The van der Waals surface area contributed by atoms with E-state index in [1.54, 1.807) is 24.3 Å². The summed E-state index contributed by atoms with van der Waals surface area (Å²) in [5.74, 6) is 0.306. The smallest absolute Gasteiger partial charge is 0.331 e. The van der Waals surface area contributed by atoms with Crippen LogP contribution in [-0.2, 0) is 0 Å². The SMILES string of the molecule is CC1CC(n2c(O)c(-c3ccccc3)c(=O)[nH]c2=O)C1. The van der Waals surface area contributed by atoms with Crippen molar-refractivity contribution >= 4 is 0 Å². The fourth-order valence-electron chi connectivity index (χ4n) is 2.81. The van der Waals surface area contributed by atoms with E-state index in [4.69, 9.17) is 0 Å². The minimum Gasteiger partial charge on any atom is -0.494 e. The molecular weight excluding hydrogens is 256 g/mol. The van der Waals surface area contributed by atoms with Gasteiger partial charge in [0.15, 0.2) is 0 Å². The number of rotatable bonds is 2. The van der Waals surface area contributed by atoms with Gasteiger partial charge in [-0.1, -0.05) is 37.3 Å². The molecule has 1 fully saturated rings. The fourth-order valence-corrected chi connectivity index (χ4v) is 2.81. The van der Waals surface area contributed by atoms with Crippen LogP contribution in [0.25, 0.3) is 11.1 Å². The van der Waals surface area contributed by atoms with E-state index in [2.05, 4.69) is 11.9 Å². The maximum atomic E-state index is 12.0. The zero-order valence-electron chi connectivity index (χ0n) is 11.2. The highest BCUT2D eigenvalue weighted by Crippen LogP contribution is 2.39. The molecule has 2 aromatic rings. The number of H-pyrrole nitrogens is 1. The van der Waals surface area contributed by atoms with Gasteiger partial charge in [-0.15, -0.1) is 0 Å². The van der Waals surface area contributed by atoms with E-state index in [9.17, 15) is 14.7 Å². The average molecular weight is 272 g/mol. The van der Waals surface area contributed by atoms with Gasteiger partial charge in [0, 0.05) is 6.04 Å². The van der Waals surface area contributed by atoms with Crippen LogP contribution in [0.4, 0.5) is 0 Å². The van der Waals surface area contributed by atoms with Crippen LogP contribution < -0.4 is 11.2 Å². The van der Waals surface area contributed by atoms with Crippen molar-refractivity contribution in [3.63, 3.8) is 0 Å². The van der Waals surface area contributed by atoms with E-state index in [1.165, 1.54) is 4.57 Å². The Morgan fingerprint density at radius 3 is 2.45 bits per heavy atom. The molecule has 20 heavy (non-hydrogen) atoms. The maximum absolute atomic E-state index is 12.0. The first-order chi connectivity index (χ1) is 9.58. The van der Waals surface area contributed by atoms with Crippen LogP contribution in [0.3, 0.4) is 0 Å². The third-order valence-corrected chi connectivity index (χ3v) is 3.89. The van der Waals surface area contributed by atoms with Gasteiger partial charge in [-0.2, -0.15) is 0 Å². The van der Waals surface area contributed by atoms with E-state index >= 15 is 0 Å². The lowest BCUT2D eigenvalue weighted by Crippen LogP contribution is -2.37. The summed E-state index contributed by atoms with van der Waals surface area (Å²) in [6.45, 7) is 2.10. The Morgan fingerprint density at radius 1 is 1.20 bits per heavy atom. The Labute approximate surface area is 115 Å². The molecule has 3 rings (SSSR count). The first-order valence-corrected chi connectivity index (χ1v) is 6.71. The Hall–Kier alpha value is -2.30. The van der Waals surface area contributed by atoms with E-state index in [0.29, 0.717) is 11.5 Å². The number of benzene rings is 1. The van der Waals surface area contributed by atoms with Gasteiger partial charge >= 0.3 is 5.69 Å². The summed E-state index contributed by atoms with van der Waals surface area (Å²) in [7, 11) is 0. The summed E-state index contributed by atoms with van der Waals surface area (Å²) in [4.78, 5) is 26.2. The molecule has 0 unspecified atom stereocenters. The number of hydrogen-bond donors (Lipinski definition) is 2. The summed E-state index contributed by atoms with van der Waals surface area (Å²) in [5.41, 5.74) is -0.330. The molecule has 0 saturated heterocycles. The minimum atomic E-state index is -0.553. The lowest BCUT2D eigenvalue weighted by Gasteiger charge is -2.34. The van der Waals surface area contributed by atoms with Crippen LogP contribution in [0.15, 0.2) is 39.9 Å². The molecule has 2 N–H and O–H groups in total. The van der Waals surface area contributed by atoms with Crippen molar-refractivity contribution in [2.45, 2.75) is 25.8 Å². The highest BCUT2D eigenvalue weighted by Gasteiger charge is 2.31. The van der Waals surface area contributed by atoms with Gasteiger partial charge in [-0.3, -0.25) is 14.3 Å². The van der Waals surface area contributed by atoms with Gasteiger partial charge in [-0.25, -0.2) is 4.79 Å². The number of aromatic nitrogens is 2. The topological polar surface area (TPSA) is 75.1 Å². The Bertz CT molecular complexity index is 740. The van der Waals surface area contributed by atoms with Crippen LogP contribution in [0.2, 0.25) is 0 Å². The fraction of sp³-hybridized carbons (Fsp3) is 0.333. The van der Waals surface area contributed by atoms with Crippen molar-refractivity contribution in [1.82, 2.24) is 9.55 Å². The van der Waals surface area contributed by atoms with Crippen molar-refractivity contribution in [1.29, 1.82) is 0 Å². The van der Waals surface area contributed by atoms with Crippen molar-refractivity contribution < 1.29 is 5.11 Å². The number of nitrogens with zero attached hydrogens (tertiary/aromatic N) is 1. The van der Waals surface area contributed by atoms with Gasteiger partial charge in [0.05, 0.1) is 0 Å². The highest BCUT2D eigenvalue weighted by molar-refractivity contribution is 5.67. The molecule has 1 aliphatic carbocycles. The van der Waals surface area contributed by atoms with Crippen molar-refractivity contribution in [2.75, 3.05) is 0 Å². The quantitative estimate of drug-likeness (QED) is 0.876. The van der Waals surface area contributed by atoms with Crippen LogP contribution in [-0.4, -0.2) is 14.7 Å². The number of aromatic amines is 1. The molecule has 5 heteroatoms. The van der Waals surface area contributed by atoms with E-state index in [-0.39, 0.29) is 17.5 Å². The van der Waals surface area contributed by atoms with Crippen molar-refractivity contribution in [3.05, 3.63) is 51.2 Å². The third-order valence-electron chi connectivity index (χ3n) is 3.89. The van der Waals surface area contributed by atoms with E-state index < -0.39 is 11.2 Å². The standard InChI is InChI=1S/C15H16N2O3/c1-9-7-11(8-9)17-14(19)12(13(18)16-15(17)20)10-5-3-2-4-6-10/h2-6,9,11,19H,7-8H2,1H3,(H,16,18,20). The predicted octanol–water partition coefficient (Wildman–Crippen LogP) is 1.88. The molecule has 1 aromatic carbocycles. The third kappa shape index (κ3) is 1.95. The molecule has 104 valence electrons. The second-order valence-corrected chi connectivity index (χ2v) is 5.42. The maximum Gasteiger partial charge on any atom is 0.331 e. The lowest BCUT2D eigenvalue weighted by atomic mass is 9.81. The van der Waals surface area contributed by atoms with E-state index in [1.807, 2.05) is 6.07 Å². The molecule has 0 amide bonds. The van der Waals surface area contributed by atoms with Crippen LogP contribution >= 0.6 is 0 Å². The van der Waals surface area contributed by atoms with Gasteiger partial charge in [0.1, 0.15) is 5.56 Å². The molecule has 0 aliphatic heterocycles. The van der Waals surface area contributed by atoms with Gasteiger partial charge in [0.25, 0.3) is 5.56 Å². The molecule has 1 heterocycles. The van der Waals surface area contributed by atoms with Gasteiger partial charge in [-0.05, 0) is 24.3 Å². The highest BCUT2D eigenvalue weighted by atomic mass is 16.3. The van der Waals surface area contributed by atoms with E-state index in [0.717, 1.165) is 12.8 Å². The molecule has 5 nitrogen and oxygen atoms in total. The van der Waals surface area contributed by atoms with Gasteiger partial charge < -0.3 is 5.11 Å². The second kappa shape index (κ2) is 4.67. The Kier molecular flexibility index (Phi) is 2.97. The normalized spacial score (nSPS) is 21.4. The summed E-state index contributed by atoms with van der Waals surface area (Å²) >= 11 is 0. The van der Waals surface area contributed by atoms with Crippen LogP contribution in [0.1, 0.15) is 25.8 Å². The first-order valence-electron chi connectivity index (χ1n) is 6.71. The molecule has 0 atom stereocenters. The Balaban J connectivity index is 2.19. The monoisotopic (exact) mass is 272 g/mol. The summed E-state index contributed by atoms with van der Waals surface area (Å²) < 4.78 is 1.31. The molecule has 0 radical (unpaired) electrons. The number of hydrogen-bond acceptors (Lipinski definition) is 3. The minimum absolute atomic E-state index is 0.0307. The lowest BCUT2D eigenvalue weighted by molar-refractivity contribution is 0.193. The number of nitrogens with one attached hydrogen (secondary N) is 1. The van der Waals surface area contributed by atoms with Crippen LogP contribution in [0, 0.1) is 5.92 Å². The summed E-state index contributed by atoms with van der Waals surface area (Å²) in [5, 5.41) is 10.4. The molecule has 0 spiro atoms. The number of aromatic hydroxyl groups is 1. The van der Waals surface area contributed by atoms with Gasteiger partial charge in [0.2, 0.25) is 5.88 Å². The Morgan fingerprint density at radius 2 is 1.85 bits per heavy atom. The average Bonchev–Trinajstić information content (AvgIpc) is 2.37. The molecular formula is C15H16N2O3. The molecule has 1 saturated carbocycles. The van der Waals surface area contributed by atoms with Crippen molar-refractivity contribution in [3.8, 4) is 17.0 Å². The predicted molar refractivity (Wildman–Crippen MR) is 75.9 cm³/mol. The summed E-state index contributed by atoms with van der Waals surface area (Å²) in [6, 6.07) is 8.85. The first kappa shape index (κ1) is 12.7. The molecule has 0 bridgehead atoms. The van der Waals surface area contributed by atoms with Crippen molar-refractivity contribution in [2.24, 2.45) is 5.92 Å². The molecule has 1 aromatic heterocycles. The zero-order valence-corrected chi connectivity index (χ0v) is 11.2. The second-order valence-electron chi connectivity index (χ2n) is 5.42.